The smallest absolute Gasteiger partial charge is 0.325 e. The molecule has 0 amide bonds. The summed E-state index contributed by atoms with van der Waals surface area (Å²) in [6.07, 6.45) is 0. The molecule has 0 spiro atoms. The van der Waals surface area contributed by atoms with Gasteiger partial charge in [-0.2, -0.15) is 0 Å². The molecule has 0 heterocycles. The summed E-state index contributed by atoms with van der Waals surface area (Å²) in [4.78, 5) is 25.0. The minimum Gasteiger partial charge on any atom is -0.459 e. The van der Waals surface area contributed by atoms with Crippen molar-refractivity contribution in [3.05, 3.63) is 39.7 Å². The maximum atomic E-state index is 11.5. The van der Waals surface area contributed by atoms with Gasteiger partial charge in [-0.05, 0) is 26.8 Å². The van der Waals surface area contributed by atoms with Crippen molar-refractivity contribution in [2.24, 2.45) is 0 Å². The van der Waals surface area contributed by atoms with E-state index in [0.29, 0.717) is 0 Å². The molecular weight excluding hydrogens is 262 g/mol. The van der Waals surface area contributed by atoms with E-state index in [-0.39, 0.29) is 23.6 Å². The third-order valence-corrected chi connectivity index (χ3v) is 2.15. The molecule has 106 valence electrons. The summed E-state index contributed by atoms with van der Waals surface area (Å²) in [5, 5.41) is 13.6. The molecule has 7 heteroatoms. The molecule has 0 atom stereocenters. The van der Waals surface area contributed by atoms with Gasteiger partial charge in [-0.3, -0.25) is 14.9 Å². The minimum atomic E-state index is -0.612. The highest BCUT2D eigenvalue weighted by Gasteiger charge is 2.18. The molecule has 0 bridgehead atoms. The molecule has 1 aromatic carbocycles. The molecular formula is C13H15N3O4. The van der Waals surface area contributed by atoms with E-state index in [4.69, 9.17) is 11.3 Å². The van der Waals surface area contributed by atoms with Crippen LogP contribution < -0.4 is 5.32 Å². The van der Waals surface area contributed by atoms with E-state index in [9.17, 15) is 14.9 Å². The zero-order valence-electron chi connectivity index (χ0n) is 11.5. The van der Waals surface area contributed by atoms with Crippen LogP contribution in [0.4, 0.5) is 17.1 Å². The van der Waals surface area contributed by atoms with E-state index < -0.39 is 16.5 Å². The van der Waals surface area contributed by atoms with Crippen LogP contribution in [0.5, 0.6) is 0 Å². The molecule has 1 N–H and O–H groups in total. The lowest BCUT2D eigenvalue weighted by atomic mass is 10.2. The predicted octanol–water partition coefficient (Wildman–Crippen LogP) is 2.90. The number of nitrogens with zero attached hydrogens (tertiary/aromatic N) is 2. The van der Waals surface area contributed by atoms with Crippen molar-refractivity contribution in [2.75, 3.05) is 11.9 Å². The number of hydrogen-bond donors (Lipinski definition) is 1. The number of carbonyl (C=O) groups excluding carboxylic acids is 1. The van der Waals surface area contributed by atoms with Gasteiger partial charge in [0, 0.05) is 6.07 Å². The van der Waals surface area contributed by atoms with Crippen LogP contribution in [0.3, 0.4) is 0 Å². The predicted molar refractivity (Wildman–Crippen MR) is 73.7 cm³/mol. The van der Waals surface area contributed by atoms with Crippen LogP contribution in [0, 0.1) is 16.7 Å². The van der Waals surface area contributed by atoms with E-state index in [1.165, 1.54) is 12.1 Å². The topological polar surface area (TPSA) is 85.8 Å². The molecule has 0 unspecified atom stereocenters. The fourth-order valence-electron chi connectivity index (χ4n) is 1.44. The Kier molecular flexibility index (Phi) is 4.64. The van der Waals surface area contributed by atoms with Crippen LogP contribution in [0.15, 0.2) is 18.2 Å². The Morgan fingerprint density at radius 2 is 2.15 bits per heavy atom. The fourth-order valence-corrected chi connectivity index (χ4v) is 1.44. The van der Waals surface area contributed by atoms with Crippen molar-refractivity contribution in [1.29, 1.82) is 0 Å². The zero-order chi connectivity index (χ0) is 15.3. The lowest BCUT2D eigenvalue weighted by Crippen LogP contribution is -2.28. The van der Waals surface area contributed by atoms with Crippen molar-refractivity contribution < 1.29 is 14.5 Å². The Morgan fingerprint density at radius 1 is 1.50 bits per heavy atom. The second kappa shape index (κ2) is 6.02. The van der Waals surface area contributed by atoms with Gasteiger partial charge in [0.2, 0.25) is 0 Å². The Bertz CT molecular complexity index is 570. The number of anilines is 1. The van der Waals surface area contributed by atoms with Gasteiger partial charge >= 0.3 is 5.97 Å². The number of nitro benzene ring substituents is 1. The van der Waals surface area contributed by atoms with Crippen LogP contribution in [0.25, 0.3) is 4.85 Å². The molecule has 1 rings (SSSR count). The number of carbonyl (C=O) groups is 1. The molecule has 0 radical (unpaired) electrons. The van der Waals surface area contributed by atoms with Crippen molar-refractivity contribution in [1.82, 2.24) is 0 Å². The Labute approximate surface area is 116 Å². The van der Waals surface area contributed by atoms with E-state index in [1.54, 1.807) is 20.8 Å². The molecule has 20 heavy (non-hydrogen) atoms. The van der Waals surface area contributed by atoms with E-state index in [0.717, 1.165) is 6.07 Å². The third kappa shape index (κ3) is 4.57. The molecule has 1 aromatic rings. The summed E-state index contributed by atoms with van der Waals surface area (Å²) in [7, 11) is 0. The number of benzene rings is 1. The number of nitro groups is 1. The first-order valence-corrected chi connectivity index (χ1v) is 5.84. The summed E-state index contributed by atoms with van der Waals surface area (Å²) in [5.74, 6) is -0.513. The monoisotopic (exact) mass is 277 g/mol. The van der Waals surface area contributed by atoms with Crippen molar-refractivity contribution in [2.45, 2.75) is 26.4 Å². The van der Waals surface area contributed by atoms with Crippen molar-refractivity contribution in [3.8, 4) is 0 Å². The lowest BCUT2D eigenvalue weighted by Gasteiger charge is -2.19. The van der Waals surface area contributed by atoms with Crippen LogP contribution in [0.1, 0.15) is 20.8 Å². The van der Waals surface area contributed by atoms with E-state index in [1.807, 2.05) is 0 Å². The maximum Gasteiger partial charge on any atom is 0.325 e. The van der Waals surface area contributed by atoms with Gasteiger partial charge in [-0.25, -0.2) is 4.85 Å². The second-order valence-corrected chi connectivity index (χ2v) is 5.01. The summed E-state index contributed by atoms with van der Waals surface area (Å²) in [5.41, 5.74) is -0.520. The molecule has 0 saturated heterocycles. The highest BCUT2D eigenvalue weighted by molar-refractivity contribution is 5.78. The van der Waals surface area contributed by atoms with Gasteiger partial charge < -0.3 is 10.1 Å². The number of hydrogen-bond acceptors (Lipinski definition) is 5. The third-order valence-electron chi connectivity index (χ3n) is 2.15. The lowest BCUT2D eigenvalue weighted by molar-refractivity contribution is -0.383. The second-order valence-electron chi connectivity index (χ2n) is 5.01. The Hall–Kier alpha value is -2.62. The van der Waals surface area contributed by atoms with Crippen molar-refractivity contribution >= 4 is 23.0 Å². The molecule has 0 saturated carbocycles. The van der Waals surface area contributed by atoms with Crippen LogP contribution in [-0.4, -0.2) is 23.0 Å². The van der Waals surface area contributed by atoms with Gasteiger partial charge in [-0.1, -0.05) is 6.07 Å². The highest BCUT2D eigenvalue weighted by atomic mass is 16.6. The average Bonchev–Trinajstić information content (AvgIpc) is 2.34. The highest BCUT2D eigenvalue weighted by Crippen LogP contribution is 2.29. The van der Waals surface area contributed by atoms with Crippen LogP contribution in [-0.2, 0) is 9.53 Å². The molecule has 0 aromatic heterocycles. The Balaban J connectivity index is 2.81. The fraction of sp³-hybridized carbons (Fsp3) is 0.385. The summed E-state index contributed by atoms with van der Waals surface area (Å²) in [6.45, 7) is 11.8. The largest absolute Gasteiger partial charge is 0.459 e. The maximum absolute atomic E-state index is 11.5. The first kappa shape index (κ1) is 15.4. The SMILES string of the molecule is [C-]#[N+]c1ccc(NCC(=O)OC(C)(C)C)c([N+](=O)[O-])c1. The van der Waals surface area contributed by atoms with Gasteiger partial charge in [0.05, 0.1) is 11.5 Å². The van der Waals surface area contributed by atoms with Crippen LogP contribution >= 0.6 is 0 Å². The van der Waals surface area contributed by atoms with E-state index >= 15 is 0 Å². The number of nitrogens with one attached hydrogen (secondary N) is 1. The number of rotatable bonds is 4. The number of ether oxygens (including phenoxy) is 1. The molecule has 0 fully saturated rings. The molecule has 0 aliphatic carbocycles. The van der Waals surface area contributed by atoms with Gasteiger partial charge in [0.15, 0.2) is 5.69 Å². The first-order chi connectivity index (χ1) is 9.23. The summed E-state index contributed by atoms with van der Waals surface area (Å²) in [6, 6.07) is 4.00. The van der Waals surface area contributed by atoms with Gasteiger partial charge in [0.1, 0.15) is 17.8 Å². The summed E-state index contributed by atoms with van der Waals surface area (Å²) < 4.78 is 5.08. The van der Waals surface area contributed by atoms with Gasteiger partial charge in [0.25, 0.3) is 5.69 Å². The van der Waals surface area contributed by atoms with E-state index in [2.05, 4.69) is 10.2 Å². The summed E-state index contributed by atoms with van der Waals surface area (Å²) >= 11 is 0. The van der Waals surface area contributed by atoms with Gasteiger partial charge in [-0.15, -0.1) is 0 Å². The minimum absolute atomic E-state index is 0.166. The number of esters is 1. The van der Waals surface area contributed by atoms with Crippen LogP contribution in [0.2, 0.25) is 0 Å². The normalized spacial score (nSPS) is 10.5. The molecule has 0 aliphatic heterocycles. The Morgan fingerprint density at radius 3 is 2.65 bits per heavy atom. The zero-order valence-corrected chi connectivity index (χ0v) is 11.5. The quantitative estimate of drug-likeness (QED) is 0.396. The molecule has 0 aliphatic rings. The first-order valence-electron chi connectivity index (χ1n) is 5.84. The standard InChI is InChI=1S/C13H15N3O4/c1-13(2,3)20-12(17)8-15-10-6-5-9(14-4)7-11(10)16(18)19/h5-7,15H,8H2,1-3H3. The van der Waals surface area contributed by atoms with Crippen molar-refractivity contribution in [3.63, 3.8) is 0 Å². The molecule has 7 nitrogen and oxygen atoms in total. The average molecular weight is 277 g/mol.